The normalized spacial score (nSPS) is 19.2. The van der Waals surface area contributed by atoms with E-state index in [0.29, 0.717) is 17.2 Å². The van der Waals surface area contributed by atoms with E-state index in [4.69, 9.17) is 0 Å². The van der Waals surface area contributed by atoms with Crippen molar-refractivity contribution in [2.24, 2.45) is 5.41 Å². The number of ketones is 1. The van der Waals surface area contributed by atoms with E-state index in [9.17, 15) is 9.59 Å². The van der Waals surface area contributed by atoms with Crippen LogP contribution < -0.4 is 10.2 Å². The highest BCUT2D eigenvalue weighted by Crippen LogP contribution is 2.49. The zero-order valence-electron chi connectivity index (χ0n) is 19.4. The first kappa shape index (κ1) is 22.8. The summed E-state index contributed by atoms with van der Waals surface area (Å²) in [7, 11) is 0. The molecule has 1 N–H and O–H groups in total. The van der Waals surface area contributed by atoms with Crippen molar-refractivity contribution in [3.8, 4) is 0 Å². The zero-order chi connectivity index (χ0) is 23.9. The van der Waals surface area contributed by atoms with Crippen LogP contribution >= 0.6 is 23.1 Å². The Hall–Kier alpha value is -2.97. The van der Waals surface area contributed by atoms with E-state index < -0.39 is 6.04 Å². The summed E-state index contributed by atoms with van der Waals surface area (Å²) in [6, 6.07) is 13.1. The minimum Gasteiger partial charge on any atom is -0.357 e. The Morgan fingerprint density at radius 1 is 1.21 bits per heavy atom. The van der Waals surface area contributed by atoms with Crippen LogP contribution in [0, 0.1) is 12.3 Å². The molecule has 5 rings (SSSR count). The van der Waals surface area contributed by atoms with Crippen molar-refractivity contribution in [2.45, 2.75) is 44.8 Å². The monoisotopic (exact) mass is 490 g/mol. The molecular weight excluding hydrogens is 464 g/mol. The fraction of sp³-hybridized carbons (Fsp3) is 0.308. The number of anilines is 2. The Labute approximate surface area is 207 Å². The molecule has 1 aliphatic carbocycles. The molecule has 0 fully saturated rings. The van der Waals surface area contributed by atoms with Gasteiger partial charge in [0.05, 0.1) is 17.1 Å². The van der Waals surface area contributed by atoms with Crippen LogP contribution in [-0.4, -0.2) is 27.4 Å². The Balaban J connectivity index is 1.61. The van der Waals surface area contributed by atoms with Crippen LogP contribution in [0.15, 0.2) is 70.5 Å². The van der Waals surface area contributed by atoms with Gasteiger partial charge in [-0.1, -0.05) is 43.8 Å². The van der Waals surface area contributed by atoms with Crippen molar-refractivity contribution in [1.82, 2.24) is 9.97 Å². The lowest BCUT2D eigenvalue weighted by Crippen LogP contribution is -2.40. The number of rotatable bonds is 4. The third-order valence-corrected chi connectivity index (χ3v) is 7.85. The summed E-state index contributed by atoms with van der Waals surface area (Å²) in [5.41, 5.74) is 3.94. The van der Waals surface area contributed by atoms with Gasteiger partial charge in [0.15, 0.2) is 10.9 Å². The summed E-state index contributed by atoms with van der Waals surface area (Å²) in [6.07, 6.45) is 2.91. The fourth-order valence-corrected chi connectivity index (χ4v) is 6.23. The lowest BCUT2D eigenvalue weighted by atomic mass is 9.74. The first-order valence-corrected chi connectivity index (χ1v) is 13.1. The number of benzene rings is 1. The van der Waals surface area contributed by atoms with Gasteiger partial charge in [0.1, 0.15) is 6.04 Å². The van der Waals surface area contributed by atoms with Crippen LogP contribution in [0.25, 0.3) is 0 Å². The highest BCUT2D eigenvalue weighted by atomic mass is 32.2. The number of fused-ring (bicyclic) bond motifs is 1. The predicted octanol–water partition coefficient (Wildman–Crippen LogP) is 5.78. The van der Waals surface area contributed by atoms with Gasteiger partial charge in [-0.2, -0.15) is 0 Å². The molecule has 0 saturated heterocycles. The van der Waals surface area contributed by atoms with E-state index in [2.05, 4.69) is 29.1 Å². The van der Waals surface area contributed by atoms with E-state index in [0.717, 1.165) is 34.1 Å². The molecule has 3 aromatic rings. The molecule has 2 aromatic heterocycles. The number of carbonyl (C=O) groups excluding carboxylic acids is 2. The van der Waals surface area contributed by atoms with Crippen LogP contribution in [0.1, 0.15) is 43.3 Å². The van der Waals surface area contributed by atoms with Crippen LogP contribution in [0.2, 0.25) is 0 Å². The maximum Gasteiger partial charge on any atom is 0.238 e. The number of nitrogens with one attached hydrogen (secondary N) is 1. The van der Waals surface area contributed by atoms with Crippen molar-refractivity contribution in [2.75, 3.05) is 16.0 Å². The molecule has 1 aromatic carbocycles. The molecule has 0 saturated carbocycles. The molecule has 3 heterocycles. The molecule has 6 nitrogen and oxygen atoms in total. The molecule has 8 heteroatoms. The lowest BCUT2D eigenvalue weighted by molar-refractivity contribution is -0.118. The first-order chi connectivity index (χ1) is 16.3. The summed E-state index contributed by atoms with van der Waals surface area (Å²) in [5.74, 6) is 0.175. The topological polar surface area (TPSA) is 75.2 Å². The number of amides is 1. The van der Waals surface area contributed by atoms with Crippen LogP contribution in [0.5, 0.6) is 0 Å². The number of aryl methyl sites for hydroxylation is 1. The fourth-order valence-electron chi connectivity index (χ4n) is 4.67. The van der Waals surface area contributed by atoms with Gasteiger partial charge in [0.25, 0.3) is 0 Å². The third kappa shape index (κ3) is 4.40. The lowest BCUT2D eigenvalue weighted by Gasteiger charge is -2.36. The number of thioether (sulfide) groups is 1. The first-order valence-electron chi connectivity index (χ1n) is 11.2. The summed E-state index contributed by atoms with van der Waals surface area (Å²) in [6.45, 7) is 6.14. The van der Waals surface area contributed by atoms with Gasteiger partial charge in [-0.15, -0.1) is 11.3 Å². The van der Waals surface area contributed by atoms with Crippen molar-refractivity contribution in [3.63, 3.8) is 0 Å². The molecule has 174 valence electrons. The van der Waals surface area contributed by atoms with Gasteiger partial charge in [0, 0.05) is 34.5 Å². The molecule has 2 aliphatic rings. The van der Waals surface area contributed by atoms with Gasteiger partial charge < -0.3 is 5.32 Å². The number of thiophene rings is 1. The number of Topliss-reactive ketones (excluding diaryl/α,β-unsaturated/α-hetero) is 1. The van der Waals surface area contributed by atoms with Crippen molar-refractivity contribution in [1.29, 1.82) is 0 Å². The smallest absolute Gasteiger partial charge is 0.238 e. The molecule has 0 bridgehead atoms. The predicted molar refractivity (Wildman–Crippen MR) is 137 cm³/mol. The number of carbonyl (C=O) groups is 2. The minimum atomic E-state index is -0.471. The highest BCUT2D eigenvalue weighted by molar-refractivity contribution is 7.99. The van der Waals surface area contributed by atoms with E-state index in [1.807, 2.05) is 54.8 Å². The molecular formula is C26H26N4O2S2. The molecule has 1 atom stereocenters. The van der Waals surface area contributed by atoms with E-state index >= 15 is 0 Å². The molecule has 34 heavy (non-hydrogen) atoms. The average molecular weight is 491 g/mol. The van der Waals surface area contributed by atoms with Crippen molar-refractivity contribution in [3.05, 3.63) is 75.9 Å². The number of para-hydroxylation sites is 2. The standard InChI is InChI=1S/C26H26N4O2S2/c1-16-10-11-27-25(28-16)34-15-22(32)30-19-8-5-4-7-17(19)29-18-13-26(2,3)14-20(31)23(18)24(30)21-9-6-12-33-21/h4-12,24,29H,13-15H2,1-3H3. The number of hydrogen-bond acceptors (Lipinski definition) is 7. The second-order valence-electron chi connectivity index (χ2n) is 9.43. The number of nitrogens with zero attached hydrogens (tertiary/aromatic N) is 3. The number of allylic oxidation sites excluding steroid dienone is 1. The van der Waals surface area contributed by atoms with Crippen LogP contribution in [0.4, 0.5) is 11.4 Å². The molecule has 1 aliphatic heterocycles. The largest absolute Gasteiger partial charge is 0.357 e. The molecule has 0 spiro atoms. The molecule has 0 radical (unpaired) electrons. The van der Waals surface area contributed by atoms with Crippen LogP contribution in [0.3, 0.4) is 0 Å². The van der Waals surface area contributed by atoms with E-state index in [-0.39, 0.29) is 22.9 Å². The van der Waals surface area contributed by atoms with E-state index in [1.165, 1.54) is 11.8 Å². The van der Waals surface area contributed by atoms with Crippen LogP contribution in [-0.2, 0) is 9.59 Å². The Morgan fingerprint density at radius 3 is 2.79 bits per heavy atom. The third-order valence-electron chi connectivity index (χ3n) is 6.08. The minimum absolute atomic E-state index is 0.0888. The zero-order valence-corrected chi connectivity index (χ0v) is 21.0. The van der Waals surface area contributed by atoms with Gasteiger partial charge >= 0.3 is 0 Å². The number of aromatic nitrogens is 2. The van der Waals surface area contributed by atoms with Crippen molar-refractivity contribution >= 4 is 46.2 Å². The van der Waals surface area contributed by atoms with Crippen molar-refractivity contribution < 1.29 is 9.59 Å². The maximum absolute atomic E-state index is 13.9. The van der Waals surface area contributed by atoms with Gasteiger partial charge in [-0.3, -0.25) is 14.5 Å². The second-order valence-corrected chi connectivity index (χ2v) is 11.3. The Bertz CT molecular complexity index is 1280. The number of hydrogen-bond donors (Lipinski definition) is 1. The van der Waals surface area contributed by atoms with Gasteiger partial charge in [-0.05, 0) is 48.4 Å². The van der Waals surface area contributed by atoms with Gasteiger partial charge in [0.2, 0.25) is 5.91 Å². The van der Waals surface area contributed by atoms with E-state index in [1.54, 1.807) is 22.4 Å². The van der Waals surface area contributed by atoms with Gasteiger partial charge in [-0.25, -0.2) is 9.97 Å². The summed E-state index contributed by atoms with van der Waals surface area (Å²) >= 11 is 2.88. The summed E-state index contributed by atoms with van der Waals surface area (Å²) in [4.78, 5) is 39.0. The quantitative estimate of drug-likeness (QED) is 0.369. The summed E-state index contributed by atoms with van der Waals surface area (Å²) < 4.78 is 0. The highest BCUT2D eigenvalue weighted by Gasteiger charge is 2.43. The second kappa shape index (κ2) is 9.00. The molecule has 1 amide bonds. The SMILES string of the molecule is Cc1ccnc(SCC(=O)N2c3ccccc3NC3=C(C(=O)CC(C)(C)C3)C2c2cccs2)n1. The Morgan fingerprint density at radius 2 is 2.03 bits per heavy atom. The molecule has 1 unspecified atom stereocenters. The Kier molecular flexibility index (Phi) is 6.04. The summed E-state index contributed by atoms with van der Waals surface area (Å²) in [5, 5.41) is 6.11. The average Bonchev–Trinajstić information content (AvgIpc) is 3.26. The maximum atomic E-state index is 13.9.